The van der Waals surface area contributed by atoms with Crippen molar-refractivity contribution in [2.24, 2.45) is 0 Å². The number of benzene rings is 9. The highest BCUT2D eigenvalue weighted by atomic mass is 79.9. The molecule has 9 aromatic carbocycles. The fourth-order valence-electron chi connectivity index (χ4n) is 9.40. The van der Waals surface area contributed by atoms with Crippen LogP contribution in [0, 0.1) is 125 Å². The summed E-state index contributed by atoms with van der Waals surface area (Å²) in [6, 6.07) is 65.3. The van der Waals surface area contributed by atoms with Crippen molar-refractivity contribution in [3.63, 3.8) is 0 Å². The second-order valence-electron chi connectivity index (χ2n) is 21.4. The molecular formula is C85H62B2BrCl2O7-. The Labute approximate surface area is 588 Å². The molecule has 472 valence electrons. The minimum Gasteiger partial charge on any atom is -0.455 e. The first-order valence-corrected chi connectivity index (χ1v) is 31.3. The van der Waals surface area contributed by atoms with Gasteiger partial charge in [0, 0.05) is 53.5 Å². The lowest BCUT2D eigenvalue weighted by Gasteiger charge is -2.32. The fourth-order valence-corrected chi connectivity index (χ4v) is 10.5. The van der Waals surface area contributed by atoms with E-state index in [1.165, 1.54) is 0 Å². The Hall–Kier alpha value is -11.1. The Morgan fingerprint density at radius 1 is 0.402 bits per heavy atom. The lowest BCUT2D eigenvalue weighted by molar-refractivity contribution is 0.00578. The summed E-state index contributed by atoms with van der Waals surface area (Å²) in [7, 11) is -1.75. The molecule has 7 nitrogen and oxygen atoms in total. The summed E-state index contributed by atoms with van der Waals surface area (Å²) in [6.07, 6.45) is 0. The molecule has 0 atom stereocenters. The first-order chi connectivity index (χ1) is 46.6. The van der Waals surface area contributed by atoms with E-state index in [2.05, 4.69) is 217 Å². The summed E-state index contributed by atoms with van der Waals surface area (Å²) in [6.45, 7) is 16.8. The Morgan fingerprint density at radius 2 is 0.732 bits per heavy atom. The van der Waals surface area contributed by atoms with Crippen LogP contribution in [-0.2, 0) is 9.31 Å². The van der Waals surface area contributed by atoms with Crippen molar-refractivity contribution in [3.05, 3.63) is 222 Å². The van der Waals surface area contributed by atoms with Gasteiger partial charge in [-0.05, 0) is 212 Å². The van der Waals surface area contributed by atoms with Gasteiger partial charge in [0.15, 0.2) is 0 Å². The third kappa shape index (κ3) is 20.0. The zero-order valence-electron chi connectivity index (χ0n) is 53.5. The molecule has 2 N–H and O–H groups in total. The average Bonchev–Trinajstić information content (AvgIpc) is 1.62. The molecule has 1 aliphatic rings. The minimum atomic E-state index is -1.34. The molecule has 0 aliphatic carbocycles. The van der Waals surface area contributed by atoms with E-state index >= 15 is 0 Å². The van der Waals surface area contributed by atoms with Crippen molar-refractivity contribution in [2.45, 2.75) is 67.1 Å². The van der Waals surface area contributed by atoms with E-state index in [0.717, 1.165) is 103 Å². The number of rotatable bonds is 4. The van der Waals surface area contributed by atoms with Gasteiger partial charge in [-0.3, -0.25) is 5.92 Å². The number of hydrogen-bond donors (Lipinski definition) is 2. The standard InChI is InChI=1S/C24H23BO3.C18H11ClO.C12H6BrClO.C12H6.C12H5.C6H7BO2.CH4/c1-23(2)24(3,4)28-25(27-23)17-14-19(16-10-6-5-7-11-16)22-20(15-17)18-12-8-9-13-21(18)26-22;19-13-10-15(12-6-2-1-3-7-12)18-16(11-13)14-8-4-5-9-17(14)20-18;13-10-6-7(14)5-9-8-3-1-2-4-11(8)15-12(9)10;2*1-3-5-7-9-11-12-10-8-6-4-2;8-7(9)6-4-2-1-3-5-6;/h5-15H,1-4H3;1-11H;1-6H;1-2H3;1H2,2H3;1-5,8-9H;1H4/q;;;;-1;;. The Bertz CT molecular complexity index is 5270. The van der Waals surface area contributed by atoms with Gasteiger partial charge in [0.05, 0.1) is 15.7 Å². The first kappa shape index (κ1) is 73.3. The van der Waals surface area contributed by atoms with E-state index in [4.69, 9.17) is 55.8 Å². The SMILES string of the molecule is C.CC#CC#CC#CC#CC#CC.CC1(C)OB(c2cc(-c3ccccc3)c3oc4ccccc4c3c2)OC1(C)C.Clc1cc(-c2ccccc2)c2oc3ccccc3c2c1.Clc1cc(Br)c2oc3ccccc3c2c1.OB(O)c1ccccc1.[CH2-]C#CC#CC#CC#CC#CC. The van der Waals surface area contributed by atoms with Crippen LogP contribution in [0.15, 0.2) is 218 Å². The van der Waals surface area contributed by atoms with Gasteiger partial charge in [-0.25, -0.2) is 5.92 Å². The molecule has 0 amide bonds. The summed E-state index contributed by atoms with van der Waals surface area (Å²) in [5.41, 5.74) is 10.4. The number of halogens is 3. The van der Waals surface area contributed by atoms with E-state index in [1.54, 1.807) is 45.0 Å². The lowest BCUT2D eigenvalue weighted by atomic mass is 9.77. The maximum atomic E-state index is 8.58. The van der Waals surface area contributed by atoms with Crippen LogP contribution < -0.4 is 10.9 Å². The smallest absolute Gasteiger partial charge is 0.455 e. The van der Waals surface area contributed by atoms with Gasteiger partial charge in [0.1, 0.15) is 33.5 Å². The van der Waals surface area contributed by atoms with Crippen molar-refractivity contribution < 1.29 is 32.6 Å². The molecule has 0 spiro atoms. The molecule has 1 saturated heterocycles. The molecule has 0 radical (unpaired) electrons. The predicted molar refractivity (Wildman–Crippen MR) is 409 cm³/mol. The summed E-state index contributed by atoms with van der Waals surface area (Å²) in [5, 5.41) is 25.1. The van der Waals surface area contributed by atoms with E-state index in [1.807, 2.05) is 127 Å². The highest BCUT2D eigenvalue weighted by molar-refractivity contribution is 9.10. The van der Waals surface area contributed by atoms with Gasteiger partial charge >= 0.3 is 14.2 Å². The molecule has 0 bridgehead atoms. The maximum Gasteiger partial charge on any atom is 0.494 e. The molecule has 13 rings (SSSR count). The average molecular weight is 1370 g/mol. The highest BCUT2D eigenvalue weighted by Crippen LogP contribution is 2.41. The Morgan fingerprint density at radius 3 is 1.12 bits per heavy atom. The molecule has 4 heterocycles. The highest BCUT2D eigenvalue weighted by Gasteiger charge is 2.52. The maximum absolute atomic E-state index is 8.58. The van der Waals surface area contributed by atoms with Crippen molar-refractivity contribution in [1.82, 2.24) is 0 Å². The second-order valence-corrected chi connectivity index (χ2v) is 23.1. The number of fused-ring (bicyclic) bond motifs is 9. The van der Waals surface area contributed by atoms with Crippen LogP contribution in [0.3, 0.4) is 0 Å². The van der Waals surface area contributed by atoms with E-state index in [9.17, 15) is 0 Å². The minimum absolute atomic E-state index is 0. The summed E-state index contributed by atoms with van der Waals surface area (Å²) >= 11 is 15.7. The third-order valence-corrected chi connectivity index (χ3v) is 15.5. The molecule has 0 unspecified atom stereocenters. The molecule has 3 aromatic heterocycles. The summed E-state index contributed by atoms with van der Waals surface area (Å²) in [5.74, 6) is 50.6. The third-order valence-electron chi connectivity index (χ3n) is 14.5. The van der Waals surface area contributed by atoms with E-state index < -0.39 is 14.2 Å². The van der Waals surface area contributed by atoms with Crippen LogP contribution in [0.1, 0.15) is 55.9 Å². The first-order valence-electron chi connectivity index (χ1n) is 29.8. The summed E-state index contributed by atoms with van der Waals surface area (Å²) in [4.78, 5) is 0. The van der Waals surface area contributed by atoms with Crippen LogP contribution in [0.2, 0.25) is 10.0 Å². The van der Waals surface area contributed by atoms with Gasteiger partial charge in [-0.2, -0.15) is 6.92 Å². The molecule has 12 heteroatoms. The monoisotopic (exact) mass is 1370 g/mol. The van der Waals surface area contributed by atoms with Gasteiger partial charge in [-0.15, -0.1) is 5.92 Å². The largest absolute Gasteiger partial charge is 0.494 e. The molecule has 1 aliphatic heterocycles. The number of furan rings is 3. The number of para-hydroxylation sites is 3. The molecule has 0 saturated carbocycles. The van der Waals surface area contributed by atoms with Crippen molar-refractivity contribution >= 4 is 130 Å². The zero-order chi connectivity index (χ0) is 68.3. The molecular weight excluding hydrogens is 1310 g/mol. The van der Waals surface area contributed by atoms with Gasteiger partial charge in [0.25, 0.3) is 0 Å². The zero-order valence-corrected chi connectivity index (χ0v) is 56.6. The molecule has 1 fully saturated rings. The fraction of sp³-hybridized carbons (Fsp3) is 0.118. The number of hydrogen-bond acceptors (Lipinski definition) is 7. The van der Waals surface area contributed by atoms with E-state index in [-0.39, 0.29) is 18.6 Å². The van der Waals surface area contributed by atoms with Crippen LogP contribution in [-0.4, -0.2) is 35.5 Å². The Kier molecular flexibility index (Phi) is 27.6. The summed E-state index contributed by atoms with van der Waals surface area (Å²) < 4.78 is 31.6. The Balaban J connectivity index is 0.000000171. The lowest BCUT2D eigenvalue weighted by Crippen LogP contribution is -2.41. The van der Waals surface area contributed by atoms with Gasteiger partial charge in [0.2, 0.25) is 0 Å². The predicted octanol–water partition coefficient (Wildman–Crippen LogP) is 18.4. The van der Waals surface area contributed by atoms with Crippen molar-refractivity contribution in [2.75, 3.05) is 0 Å². The van der Waals surface area contributed by atoms with Crippen molar-refractivity contribution in [1.29, 1.82) is 0 Å². The molecule has 97 heavy (non-hydrogen) atoms. The van der Waals surface area contributed by atoms with Gasteiger partial charge < -0.3 is 32.6 Å². The van der Waals surface area contributed by atoms with Gasteiger partial charge in [-0.1, -0.05) is 206 Å². The van der Waals surface area contributed by atoms with Crippen molar-refractivity contribution in [3.8, 4) is 141 Å². The second kappa shape index (κ2) is 36.5. The topological polar surface area (TPSA) is 98.3 Å². The van der Waals surface area contributed by atoms with Crippen LogP contribution >= 0.6 is 39.1 Å². The van der Waals surface area contributed by atoms with Crippen LogP contribution in [0.5, 0.6) is 0 Å². The van der Waals surface area contributed by atoms with Crippen LogP contribution in [0.4, 0.5) is 0 Å². The quantitative estimate of drug-likeness (QED) is 0.103. The normalized spacial score (nSPS) is 11.1. The molecule has 12 aromatic rings. The van der Waals surface area contributed by atoms with E-state index in [0.29, 0.717) is 10.5 Å². The van der Waals surface area contributed by atoms with Crippen LogP contribution in [0.25, 0.3) is 88.1 Å².